The summed E-state index contributed by atoms with van der Waals surface area (Å²) in [7, 11) is 0. The standard InChI is InChI=1S/C17H20BrN3O2/c1-12-5-3-6-13(2)16(12)23-10-4-9-19-17(22)21-15-8-7-14(18)11-20-15/h3,5-8,11H,4,9-10H2,1-2H3,(H2,19,20,21,22). The van der Waals surface area contributed by atoms with Crippen LogP contribution in [0.15, 0.2) is 41.0 Å². The molecule has 122 valence electrons. The van der Waals surface area contributed by atoms with Crippen molar-refractivity contribution in [1.29, 1.82) is 0 Å². The van der Waals surface area contributed by atoms with Gasteiger partial charge in [-0.05, 0) is 59.5 Å². The van der Waals surface area contributed by atoms with E-state index >= 15 is 0 Å². The number of aromatic nitrogens is 1. The molecule has 0 aliphatic rings. The molecule has 6 heteroatoms. The largest absolute Gasteiger partial charge is 0.493 e. The second-order valence-electron chi connectivity index (χ2n) is 5.17. The lowest BCUT2D eigenvalue weighted by Crippen LogP contribution is -2.30. The average molecular weight is 378 g/mol. The minimum Gasteiger partial charge on any atom is -0.493 e. The Hall–Kier alpha value is -2.08. The maximum atomic E-state index is 11.7. The number of amides is 2. The van der Waals surface area contributed by atoms with Crippen molar-refractivity contribution in [1.82, 2.24) is 10.3 Å². The number of urea groups is 1. The van der Waals surface area contributed by atoms with E-state index in [1.165, 1.54) is 0 Å². The number of ether oxygens (including phenoxy) is 1. The van der Waals surface area contributed by atoms with Crippen LogP contribution in [-0.2, 0) is 0 Å². The first-order valence-electron chi connectivity index (χ1n) is 7.41. The average Bonchev–Trinajstić information content (AvgIpc) is 2.52. The monoisotopic (exact) mass is 377 g/mol. The molecule has 5 nitrogen and oxygen atoms in total. The van der Waals surface area contributed by atoms with Crippen LogP contribution in [0.25, 0.3) is 0 Å². The van der Waals surface area contributed by atoms with Crippen LogP contribution < -0.4 is 15.4 Å². The first-order chi connectivity index (χ1) is 11.1. The van der Waals surface area contributed by atoms with Crippen LogP contribution in [0.2, 0.25) is 0 Å². The minimum absolute atomic E-state index is 0.271. The molecule has 2 amide bonds. The van der Waals surface area contributed by atoms with Crippen LogP contribution in [0.1, 0.15) is 17.5 Å². The zero-order chi connectivity index (χ0) is 16.7. The van der Waals surface area contributed by atoms with Crippen molar-refractivity contribution in [3.63, 3.8) is 0 Å². The molecule has 0 aliphatic carbocycles. The third kappa shape index (κ3) is 5.56. The van der Waals surface area contributed by atoms with E-state index in [0.717, 1.165) is 27.8 Å². The maximum Gasteiger partial charge on any atom is 0.320 e. The summed E-state index contributed by atoms with van der Waals surface area (Å²) in [6, 6.07) is 9.35. The molecular weight excluding hydrogens is 358 g/mol. The Labute approximate surface area is 144 Å². The molecule has 0 unspecified atom stereocenters. The number of para-hydroxylation sites is 1. The second-order valence-corrected chi connectivity index (χ2v) is 6.08. The molecule has 0 saturated heterocycles. The van der Waals surface area contributed by atoms with Gasteiger partial charge in [0.05, 0.1) is 6.61 Å². The highest BCUT2D eigenvalue weighted by molar-refractivity contribution is 9.10. The Kier molecular flexibility index (Phi) is 6.40. The summed E-state index contributed by atoms with van der Waals surface area (Å²) in [6.07, 6.45) is 2.36. The van der Waals surface area contributed by atoms with Gasteiger partial charge in [0.2, 0.25) is 0 Å². The van der Waals surface area contributed by atoms with Gasteiger partial charge in [-0.2, -0.15) is 0 Å². The third-order valence-corrected chi connectivity index (χ3v) is 3.70. The summed E-state index contributed by atoms with van der Waals surface area (Å²) in [5, 5.41) is 5.45. The molecule has 2 rings (SSSR count). The molecular formula is C17H20BrN3O2. The Morgan fingerprint density at radius 1 is 1.22 bits per heavy atom. The first-order valence-corrected chi connectivity index (χ1v) is 8.21. The number of nitrogens with one attached hydrogen (secondary N) is 2. The number of nitrogens with zero attached hydrogens (tertiary/aromatic N) is 1. The highest BCUT2D eigenvalue weighted by Crippen LogP contribution is 2.22. The molecule has 0 spiro atoms. The molecule has 0 atom stereocenters. The fourth-order valence-corrected chi connectivity index (χ4v) is 2.32. The maximum absolute atomic E-state index is 11.7. The Bertz CT molecular complexity index is 639. The predicted octanol–water partition coefficient (Wildman–Crippen LogP) is 4.05. The summed E-state index contributed by atoms with van der Waals surface area (Å²) in [5.74, 6) is 1.44. The summed E-state index contributed by atoms with van der Waals surface area (Å²) in [5.41, 5.74) is 2.24. The molecule has 0 radical (unpaired) electrons. The van der Waals surface area contributed by atoms with E-state index in [1.54, 1.807) is 12.3 Å². The Balaban J connectivity index is 1.67. The van der Waals surface area contributed by atoms with Gasteiger partial charge < -0.3 is 10.1 Å². The van der Waals surface area contributed by atoms with Gasteiger partial charge in [0.25, 0.3) is 0 Å². The predicted molar refractivity (Wildman–Crippen MR) is 95.0 cm³/mol. The van der Waals surface area contributed by atoms with Crippen molar-refractivity contribution in [2.24, 2.45) is 0 Å². The van der Waals surface area contributed by atoms with E-state index in [4.69, 9.17) is 4.74 Å². The summed E-state index contributed by atoms with van der Waals surface area (Å²) >= 11 is 3.30. The zero-order valence-electron chi connectivity index (χ0n) is 13.2. The van der Waals surface area contributed by atoms with Gasteiger partial charge in [-0.3, -0.25) is 5.32 Å². The topological polar surface area (TPSA) is 63.2 Å². The molecule has 2 aromatic rings. The van der Waals surface area contributed by atoms with Crippen molar-refractivity contribution < 1.29 is 9.53 Å². The lowest BCUT2D eigenvalue weighted by Gasteiger charge is -2.12. The lowest BCUT2D eigenvalue weighted by molar-refractivity contribution is 0.250. The number of anilines is 1. The zero-order valence-corrected chi connectivity index (χ0v) is 14.8. The van der Waals surface area contributed by atoms with Gasteiger partial charge in [0.15, 0.2) is 0 Å². The highest BCUT2D eigenvalue weighted by Gasteiger charge is 2.04. The quantitative estimate of drug-likeness (QED) is 0.746. The van der Waals surface area contributed by atoms with Gasteiger partial charge in [-0.25, -0.2) is 9.78 Å². The van der Waals surface area contributed by atoms with Crippen LogP contribution in [0.3, 0.4) is 0 Å². The fourth-order valence-electron chi connectivity index (χ4n) is 2.09. The van der Waals surface area contributed by atoms with Gasteiger partial charge >= 0.3 is 6.03 Å². The molecule has 0 fully saturated rings. The molecule has 0 aliphatic heterocycles. The molecule has 0 bridgehead atoms. The van der Waals surface area contributed by atoms with E-state index in [2.05, 4.69) is 31.5 Å². The van der Waals surface area contributed by atoms with E-state index in [-0.39, 0.29) is 6.03 Å². The lowest BCUT2D eigenvalue weighted by atomic mass is 10.1. The van der Waals surface area contributed by atoms with Crippen molar-refractivity contribution in [3.8, 4) is 5.75 Å². The van der Waals surface area contributed by atoms with Gasteiger partial charge in [0, 0.05) is 17.2 Å². The number of hydrogen-bond donors (Lipinski definition) is 2. The highest BCUT2D eigenvalue weighted by atomic mass is 79.9. The number of carbonyl (C=O) groups is 1. The minimum atomic E-state index is -0.271. The molecule has 0 saturated carbocycles. The molecule has 2 N–H and O–H groups in total. The fraction of sp³-hybridized carbons (Fsp3) is 0.294. The van der Waals surface area contributed by atoms with Crippen molar-refractivity contribution >= 4 is 27.8 Å². The Morgan fingerprint density at radius 3 is 2.61 bits per heavy atom. The van der Waals surface area contributed by atoms with Crippen LogP contribution in [0.5, 0.6) is 5.75 Å². The van der Waals surface area contributed by atoms with Crippen molar-refractivity contribution in [3.05, 3.63) is 52.1 Å². The van der Waals surface area contributed by atoms with Crippen LogP contribution >= 0.6 is 15.9 Å². The smallest absolute Gasteiger partial charge is 0.320 e. The SMILES string of the molecule is Cc1cccc(C)c1OCCCNC(=O)Nc1ccc(Br)cn1. The van der Waals surface area contributed by atoms with E-state index < -0.39 is 0 Å². The number of aryl methyl sites for hydroxylation is 2. The van der Waals surface area contributed by atoms with E-state index in [0.29, 0.717) is 19.0 Å². The van der Waals surface area contributed by atoms with Crippen molar-refractivity contribution in [2.75, 3.05) is 18.5 Å². The molecule has 23 heavy (non-hydrogen) atoms. The third-order valence-electron chi connectivity index (χ3n) is 3.23. The van der Waals surface area contributed by atoms with Gasteiger partial charge in [-0.1, -0.05) is 18.2 Å². The molecule has 1 aromatic heterocycles. The van der Waals surface area contributed by atoms with Gasteiger partial charge in [0.1, 0.15) is 11.6 Å². The summed E-state index contributed by atoms with van der Waals surface area (Å²) < 4.78 is 6.66. The van der Waals surface area contributed by atoms with Gasteiger partial charge in [-0.15, -0.1) is 0 Å². The van der Waals surface area contributed by atoms with Crippen LogP contribution in [0.4, 0.5) is 10.6 Å². The molecule has 1 heterocycles. The normalized spacial score (nSPS) is 10.2. The second kappa shape index (κ2) is 8.53. The first kappa shape index (κ1) is 17.3. The van der Waals surface area contributed by atoms with Crippen LogP contribution in [-0.4, -0.2) is 24.2 Å². The number of benzene rings is 1. The van der Waals surface area contributed by atoms with E-state index in [9.17, 15) is 4.79 Å². The number of hydrogen-bond acceptors (Lipinski definition) is 3. The number of halogens is 1. The number of pyridine rings is 1. The van der Waals surface area contributed by atoms with Crippen LogP contribution in [0, 0.1) is 13.8 Å². The Morgan fingerprint density at radius 2 is 1.96 bits per heavy atom. The molecule has 1 aromatic carbocycles. The summed E-state index contributed by atoms with van der Waals surface area (Å²) in [4.78, 5) is 15.8. The summed E-state index contributed by atoms with van der Waals surface area (Å²) in [6.45, 7) is 5.15. The van der Waals surface area contributed by atoms with Crippen molar-refractivity contribution in [2.45, 2.75) is 20.3 Å². The van der Waals surface area contributed by atoms with E-state index in [1.807, 2.05) is 38.1 Å². The number of rotatable bonds is 6. The number of carbonyl (C=O) groups excluding carboxylic acids is 1.